The summed E-state index contributed by atoms with van der Waals surface area (Å²) in [5, 5.41) is 0.713. The number of thiazole rings is 1. The lowest BCUT2D eigenvalue weighted by Gasteiger charge is -2.21. The van der Waals surface area contributed by atoms with Gasteiger partial charge in [-0.2, -0.15) is 0 Å². The van der Waals surface area contributed by atoms with Crippen molar-refractivity contribution >= 4 is 44.4 Å². The average molecular weight is 430 g/mol. The van der Waals surface area contributed by atoms with Gasteiger partial charge in [0.15, 0.2) is 5.13 Å². The van der Waals surface area contributed by atoms with Gasteiger partial charge in [-0.1, -0.05) is 17.4 Å². The summed E-state index contributed by atoms with van der Waals surface area (Å²) < 4.78 is 6.55. The predicted octanol–water partition coefficient (Wildman–Crippen LogP) is 4.93. The largest absolute Gasteiger partial charge is 0.494 e. The first-order valence-corrected chi connectivity index (χ1v) is 11.5. The first kappa shape index (κ1) is 21.6. The number of nitrogens with zero attached hydrogens (tertiary/aromatic N) is 3. The molecule has 29 heavy (non-hydrogen) atoms. The Bertz CT molecular complexity index is 984. The molecule has 3 rings (SSSR count). The van der Waals surface area contributed by atoms with Gasteiger partial charge in [0, 0.05) is 17.0 Å². The number of thioether (sulfide) groups is 1. The summed E-state index contributed by atoms with van der Waals surface area (Å²) in [5.41, 5.74) is 2.63. The lowest BCUT2D eigenvalue weighted by Crippen LogP contribution is -2.33. The molecule has 0 saturated heterocycles. The van der Waals surface area contributed by atoms with Crippen LogP contribution in [0, 0.1) is 6.92 Å². The fourth-order valence-electron chi connectivity index (χ4n) is 3.10. The van der Waals surface area contributed by atoms with E-state index in [4.69, 9.17) is 9.72 Å². The van der Waals surface area contributed by atoms with Crippen molar-refractivity contribution in [2.24, 2.45) is 0 Å². The number of aromatic nitrogens is 1. The minimum Gasteiger partial charge on any atom is -0.494 e. The van der Waals surface area contributed by atoms with Crippen LogP contribution in [0.5, 0.6) is 5.75 Å². The highest BCUT2D eigenvalue weighted by Crippen LogP contribution is 2.37. The molecule has 0 fully saturated rings. The van der Waals surface area contributed by atoms with Gasteiger partial charge in [-0.25, -0.2) is 4.98 Å². The van der Waals surface area contributed by atoms with Crippen LogP contribution in [0.3, 0.4) is 0 Å². The van der Waals surface area contributed by atoms with Crippen molar-refractivity contribution < 1.29 is 9.53 Å². The monoisotopic (exact) mass is 429 g/mol. The molecule has 0 bridgehead atoms. The SMILES string of the molecule is COc1ccc(C)c2sc(N(CCCN(C)C)C(=O)c3ccc(SC)cc3)nc12. The molecule has 7 heteroatoms. The molecule has 1 heterocycles. The van der Waals surface area contributed by atoms with Gasteiger partial charge in [-0.3, -0.25) is 9.69 Å². The van der Waals surface area contributed by atoms with E-state index >= 15 is 0 Å². The van der Waals surface area contributed by atoms with E-state index in [9.17, 15) is 4.79 Å². The van der Waals surface area contributed by atoms with Gasteiger partial charge in [0.2, 0.25) is 0 Å². The van der Waals surface area contributed by atoms with Crippen LogP contribution >= 0.6 is 23.1 Å². The van der Waals surface area contributed by atoms with Gasteiger partial charge < -0.3 is 9.64 Å². The normalized spacial score (nSPS) is 11.2. The van der Waals surface area contributed by atoms with Crippen molar-refractivity contribution in [3.63, 3.8) is 0 Å². The second kappa shape index (κ2) is 9.61. The molecule has 1 aromatic heterocycles. The van der Waals surface area contributed by atoms with Crippen molar-refractivity contribution in [3.8, 4) is 5.75 Å². The number of fused-ring (bicyclic) bond motifs is 1. The smallest absolute Gasteiger partial charge is 0.260 e. The van der Waals surface area contributed by atoms with Crippen LogP contribution in [0.4, 0.5) is 5.13 Å². The Hall–Kier alpha value is -2.09. The number of rotatable bonds is 8. The molecule has 0 spiro atoms. The number of aryl methyl sites for hydroxylation is 1. The Balaban J connectivity index is 1.99. The maximum atomic E-state index is 13.4. The number of amides is 1. The standard InChI is InChI=1S/C22H27N3O2S2/c1-15-7-12-18(27-4)19-20(15)29-22(23-19)25(14-6-13-24(2)3)21(26)16-8-10-17(28-5)11-9-16/h7-12H,6,13-14H2,1-5H3. The Kier molecular flexibility index (Phi) is 7.16. The van der Waals surface area contributed by atoms with Crippen LogP contribution in [-0.4, -0.2) is 56.3 Å². The second-order valence-electron chi connectivity index (χ2n) is 7.10. The molecule has 0 aliphatic heterocycles. The highest BCUT2D eigenvalue weighted by atomic mass is 32.2. The van der Waals surface area contributed by atoms with Crippen molar-refractivity contribution in [3.05, 3.63) is 47.5 Å². The molecule has 0 saturated carbocycles. The molecule has 3 aromatic rings. The molecule has 0 atom stereocenters. The number of benzene rings is 2. The van der Waals surface area contributed by atoms with Crippen molar-refractivity contribution in [1.82, 2.24) is 9.88 Å². The lowest BCUT2D eigenvalue weighted by atomic mass is 10.2. The van der Waals surface area contributed by atoms with Crippen LogP contribution in [0.25, 0.3) is 10.2 Å². The van der Waals surface area contributed by atoms with E-state index in [1.807, 2.05) is 56.7 Å². The first-order valence-electron chi connectivity index (χ1n) is 9.49. The summed E-state index contributed by atoms with van der Waals surface area (Å²) >= 11 is 3.21. The number of hydrogen-bond acceptors (Lipinski definition) is 6. The van der Waals surface area contributed by atoms with Gasteiger partial charge in [-0.05, 0) is 76.1 Å². The summed E-state index contributed by atoms with van der Waals surface area (Å²) in [7, 11) is 5.73. The molecule has 5 nitrogen and oxygen atoms in total. The lowest BCUT2D eigenvalue weighted by molar-refractivity contribution is 0.0986. The topological polar surface area (TPSA) is 45.7 Å². The van der Waals surface area contributed by atoms with Crippen LogP contribution in [0.15, 0.2) is 41.3 Å². The van der Waals surface area contributed by atoms with E-state index in [0.29, 0.717) is 17.2 Å². The highest BCUT2D eigenvalue weighted by molar-refractivity contribution is 7.98. The maximum Gasteiger partial charge on any atom is 0.260 e. The summed E-state index contributed by atoms with van der Waals surface area (Å²) in [6.45, 7) is 3.58. The average Bonchev–Trinajstić information content (AvgIpc) is 3.17. The van der Waals surface area contributed by atoms with E-state index in [0.717, 1.165) is 39.4 Å². The fourth-order valence-corrected chi connectivity index (χ4v) is 4.58. The maximum absolute atomic E-state index is 13.4. The van der Waals surface area contributed by atoms with Gasteiger partial charge in [-0.15, -0.1) is 11.8 Å². The van der Waals surface area contributed by atoms with Crippen LogP contribution in [-0.2, 0) is 0 Å². The Morgan fingerprint density at radius 3 is 2.48 bits per heavy atom. The zero-order valence-corrected chi connectivity index (χ0v) is 19.2. The summed E-state index contributed by atoms with van der Waals surface area (Å²) in [5.74, 6) is 0.713. The quantitative estimate of drug-likeness (QED) is 0.475. The van der Waals surface area contributed by atoms with Crippen LogP contribution < -0.4 is 9.64 Å². The molecule has 0 unspecified atom stereocenters. The highest BCUT2D eigenvalue weighted by Gasteiger charge is 2.22. The third-order valence-corrected chi connectivity index (χ3v) is 6.67. The van der Waals surface area contributed by atoms with Crippen LogP contribution in [0.1, 0.15) is 22.3 Å². The molecule has 0 aliphatic rings. The fraction of sp³-hybridized carbons (Fsp3) is 0.364. The molecule has 154 valence electrons. The summed E-state index contributed by atoms with van der Waals surface area (Å²) in [4.78, 5) is 23.3. The first-order chi connectivity index (χ1) is 13.9. The van der Waals surface area contributed by atoms with Gasteiger partial charge in [0.25, 0.3) is 5.91 Å². The van der Waals surface area contributed by atoms with Crippen molar-refractivity contribution in [1.29, 1.82) is 0 Å². The number of carbonyl (C=O) groups is 1. The zero-order chi connectivity index (χ0) is 21.0. The number of ether oxygens (including phenoxy) is 1. The molecule has 0 radical (unpaired) electrons. The van der Waals surface area contributed by atoms with Gasteiger partial charge in [0.05, 0.1) is 11.8 Å². The molecule has 0 aliphatic carbocycles. The summed E-state index contributed by atoms with van der Waals surface area (Å²) in [6, 6.07) is 11.7. The molecular weight excluding hydrogens is 402 g/mol. The Morgan fingerprint density at radius 2 is 1.86 bits per heavy atom. The van der Waals surface area contributed by atoms with E-state index < -0.39 is 0 Å². The van der Waals surface area contributed by atoms with Crippen LogP contribution in [0.2, 0.25) is 0 Å². The number of methoxy groups -OCH3 is 1. The number of hydrogen-bond donors (Lipinski definition) is 0. The Labute approximate surface area is 180 Å². The Morgan fingerprint density at radius 1 is 1.14 bits per heavy atom. The van der Waals surface area contributed by atoms with Gasteiger partial charge >= 0.3 is 0 Å². The van der Waals surface area contributed by atoms with E-state index in [-0.39, 0.29) is 5.91 Å². The van der Waals surface area contributed by atoms with E-state index in [1.165, 1.54) is 0 Å². The minimum atomic E-state index is -0.0212. The van der Waals surface area contributed by atoms with E-state index in [1.54, 1.807) is 35.1 Å². The predicted molar refractivity (Wildman–Crippen MR) is 124 cm³/mol. The molecule has 2 aromatic carbocycles. The molecule has 0 N–H and O–H groups in total. The van der Waals surface area contributed by atoms with Crippen molar-refractivity contribution in [2.75, 3.05) is 45.5 Å². The molecular formula is C22H27N3O2S2. The van der Waals surface area contributed by atoms with E-state index in [2.05, 4.69) is 11.8 Å². The van der Waals surface area contributed by atoms with Crippen molar-refractivity contribution in [2.45, 2.75) is 18.2 Å². The minimum absolute atomic E-state index is 0.0212. The second-order valence-corrected chi connectivity index (χ2v) is 8.96. The number of carbonyl (C=O) groups excluding carboxylic acids is 1. The number of anilines is 1. The van der Waals surface area contributed by atoms with Gasteiger partial charge in [0.1, 0.15) is 11.3 Å². The third-order valence-electron chi connectivity index (χ3n) is 4.71. The summed E-state index contributed by atoms with van der Waals surface area (Å²) in [6.07, 6.45) is 2.90. The third kappa shape index (κ3) is 4.91. The molecule has 1 amide bonds. The zero-order valence-electron chi connectivity index (χ0n) is 17.6.